The summed E-state index contributed by atoms with van der Waals surface area (Å²) in [5.41, 5.74) is 2.09. The van der Waals surface area contributed by atoms with Gasteiger partial charge in [0.2, 0.25) is 5.91 Å². The third-order valence-electron chi connectivity index (χ3n) is 2.38. The summed E-state index contributed by atoms with van der Waals surface area (Å²) in [5.74, 6) is 0.186. The van der Waals surface area contributed by atoms with E-state index in [1.54, 1.807) is 17.0 Å². The average Bonchev–Trinajstić information content (AvgIpc) is 2.59. The molecule has 0 saturated heterocycles. The quantitative estimate of drug-likeness (QED) is 0.715. The number of halogens is 1. The molecule has 1 aliphatic heterocycles. The van der Waals surface area contributed by atoms with E-state index in [-0.39, 0.29) is 17.5 Å². The number of rotatable bonds is 1. The minimum absolute atomic E-state index is 0.0139. The number of hydrogen-bond donors (Lipinski definition) is 1. The Bertz CT molecular complexity index is 378. The van der Waals surface area contributed by atoms with Gasteiger partial charge in [-0.3, -0.25) is 4.79 Å². The number of phenolic OH excluding ortho intramolecular Hbond substituents is 1. The maximum absolute atomic E-state index is 11.3. The lowest BCUT2D eigenvalue weighted by atomic mass is 10.1. The van der Waals surface area contributed by atoms with Crippen LogP contribution in [0.1, 0.15) is 11.1 Å². The fourth-order valence-electron chi connectivity index (χ4n) is 1.64. The zero-order valence-electron chi connectivity index (χ0n) is 7.53. The molecule has 3 nitrogen and oxygen atoms in total. The molecule has 0 saturated carbocycles. The number of hydrogen-bond acceptors (Lipinski definition) is 2. The molecule has 4 heteroatoms. The lowest BCUT2D eigenvalue weighted by Crippen LogP contribution is -2.26. The number of carbonyl (C=O) groups excluding carboxylic acids is 1. The van der Waals surface area contributed by atoms with Crippen LogP contribution >= 0.6 is 11.6 Å². The smallest absolute Gasteiger partial charge is 0.238 e. The second-order valence-electron chi connectivity index (χ2n) is 3.34. The van der Waals surface area contributed by atoms with Crippen LogP contribution in [0, 0.1) is 0 Å². The highest BCUT2D eigenvalue weighted by atomic mass is 35.5. The number of amides is 1. The molecule has 14 heavy (non-hydrogen) atoms. The molecule has 1 aromatic carbocycles. The average molecular weight is 212 g/mol. The topological polar surface area (TPSA) is 40.5 Å². The minimum atomic E-state index is -0.0673. The summed E-state index contributed by atoms with van der Waals surface area (Å²) in [5, 5.41) is 9.25. The normalized spacial score (nSPS) is 14.2. The molecule has 0 fully saturated rings. The van der Waals surface area contributed by atoms with Gasteiger partial charge < -0.3 is 10.0 Å². The Balaban J connectivity index is 2.22. The van der Waals surface area contributed by atoms with Crippen LogP contribution in [-0.4, -0.2) is 21.8 Å². The zero-order valence-corrected chi connectivity index (χ0v) is 8.29. The largest absolute Gasteiger partial charge is 0.508 e. The number of nitrogens with zero attached hydrogens (tertiary/aromatic N) is 1. The second-order valence-corrected chi connectivity index (χ2v) is 3.60. The predicted molar refractivity (Wildman–Crippen MR) is 53.1 cm³/mol. The van der Waals surface area contributed by atoms with Crippen molar-refractivity contribution in [2.45, 2.75) is 13.1 Å². The first-order valence-corrected chi connectivity index (χ1v) is 4.88. The van der Waals surface area contributed by atoms with Gasteiger partial charge in [0.25, 0.3) is 0 Å². The van der Waals surface area contributed by atoms with Crippen LogP contribution < -0.4 is 0 Å². The third kappa shape index (κ3) is 1.55. The SMILES string of the molecule is O=C(CCl)N1Cc2ccc(O)cc2C1. The Morgan fingerprint density at radius 2 is 2.14 bits per heavy atom. The number of benzene rings is 1. The van der Waals surface area contributed by atoms with Crippen LogP contribution in [0.3, 0.4) is 0 Å². The van der Waals surface area contributed by atoms with Crippen molar-refractivity contribution in [2.75, 3.05) is 5.88 Å². The molecule has 0 bridgehead atoms. The van der Waals surface area contributed by atoms with Crippen molar-refractivity contribution in [2.24, 2.45) is 0 Å². The van der Waals surface area contributed by atoms with Crippen molar-refractivity contribution in [3.8, 4) is 5.75 Å². The van der Waals surface area contributed by atoms with Crippen molar-refractivity contribution < 1.29 is 9.90 Å². The summed E-state index contributed by atoms with van der Waals surface area (Å²) in [7, 11) is 0. The lowest BCUT2D eigenvalue weighted by molar-refractivity contribution is -0.129. The Hall–Kier alpha value is -1.22. The van der Waals surface area contributed by atoms with E-state index in [0.29, 0.717) is 13.1 Å². The van der Waals surface area contributed by atoms with E-state index >= 15 is 0 Å². The number of phenols is 1. The maximum Gasteiger partial charge on any atom is 0.238 e. The number of aromatic hydroxyl groups is 1. The van der Waals surface area contributed by atoms with Crippen LogP contribution in [0.4, 0.5) is 0 Å². The predicted octanol–water partition coefficient (Wildman–Crippen LogP) is 1.47. The molecule has 2 rings (SSSR count). The Labute approximate surface area is 86.9 Å². The van der Waals surface area contributed by atoms with Gasteiger partial charge in [0.15, 0.2) is 0 Å². The van der Waals surface area contributed by atoms with E-state index in [9.17, 15) is 9.90 Å². The molecular formula is C10H10ClNO2. The van der Waals surface area contributed by atoms with Gasteiger partial charge in [0.1, 0.15) is 11.6 Å². The highest BCUT2D eigenvalue weighted by Crippen LogP contribution is 2.26. The van der Waals surface area contributed by atoms with E-state index in [0.717, 1.165) is 11.1 Å². The molecular weight excluding hydrogens is 202 g/mol. The molecule has 1 amide bonds. The van der Waals surface area contributed by atoms with Crippen LogP contribution in [0.2, 0.25) is 0 Å². The fraction of sp³-hybridized carbons (Fsp3) is 0.300. The molecule has 0 aromatic heterocycles. The van der Waals surface area contributed by atoms with Crippen molar-refractivity contribution in [1.29, 1.82) is 0 Å². The number of alkyl halides is 1. The molecule has 1 aliphatic rings. The van der Waals surface area contributed by atoms with Crippen LogP contribution in [-0.2, 0) is 17.9 Å². The molecule has 1 N–H and O–H groups in total. The fourth-order valence-corrected chi connectivity index (χ4v) is 1.81. The highest BCUT2D eigenvalue weighted by Gasteiger charge is 2.22. The van der Waals surface area contributed by atoms with Gasteiger partial charge in [-0.2, -0.15) is 0 Å². The monoisotopic (exact) mass is 211 g/mol. The maximum atomic E-state index is 11.3. The van der Waals surface area contributed by atoms with E-state index in [1.807, 2.05) is 6.07 Å². The first kappa shape index (κ1) is 9.34. The Kier molecular flexibility index (Phi) is 2.33. The number of carbonyl (C=O) groups is 1. The summed E-state index contributed by atoms with van der Waals surface area (Å²) < 4.78 is 0. The second kappa shape index (κ2) is 3.50. The Morgan fingerprint density at radius 1 is 1.43 bits per heavy atom. The summed E-state index contributed by atoms with van der Waals surface area (Å²) in [6.07, 6.45) is 0. The minimum Gasteiger partial charge on any atom is -0.508 e. The van der Waals surface area contributed by atoms with Crippen molar-refractivity contribution in [3.63, 3.8) is 0 Å². The molecule has 1 aromatic rings. The molecule has 0 atom stereocenters. The van der Waals surface area contributed by atoms with Gasteiger partial charge in [-0.25, -0.2) is 0 Å². The molecule has 0 spiro atoms. The van der Waals surface area contributed by atoms with Crippen molar-refractivity contribution in [1.82, 2.24) is 4.90 Å². The van der Waals surface area contributed by atoms with Crippen LogP contribution in [0.15, 0.2) is 18.2 Å². The van der Waals surface area contributed by atoms with E-state index in [1.165, 1.54) is 0 Å². The first-order valence-electron chi connectivity index (χ1n) is 4.35. The molecule has 74 valence electrons. The van der Waals surface area contributed by atoms with Crippen LogP contribution in [0.5, 0.6) is 5.75 Å². The van der Waals surface area contributed by atoms with E-state index in [2.05, 4.69) is 0 Å². The van der Waals surface area contributed by atoms with E-state index in [4.69, 9.17) is 11.6 Å². The van der Waals surface area contributed by atoms with Gasteiger partial charge in [0.05, 0.1) is 0 Å². The van der Waals surface area contributed by atoms with Gasteiger partial charge in [-0.1, -0.05) is 6.07 Å². The number of fused-ring (bicyclic) bond motifs is 1. The van der Waals surface area contributed by atoms with Gasteiger partial charge in [-0.15, -0.1) is 11.6 Å². The summed E-state index contributed by atoms with van der Waals surface area (Å²) in [6, 6.07) is 5.16. The highest BCUT2D eigenvalue weighted by molar-refractivity contribution is 6.27. The van der Waals surface area contributed by atoms with Gasteiger partial charge >= 0.3 is 0 Å². The molecule has 0 radical (unpaired) electrons. The molecule has 1 heterocycles. The standard InChI is InChI=1S/C10H10ClNO2/c11-4-10(14)12-5-7-1-2-9(13)3-8(7)6-12/h1-3,13H,4-6H2. The summed E-state index contributed by atoms with van der Waals surface area (Å²) in [4.78, 5) is 13.0. The zero-order chi connectivity index (χ0) is 10.1. The third-order valence-corrected chi connectivity index (χ3v) is 2.61. The summed E-state index contributed by atoms with van der Waals surface area (Å²) in [6.45, 7) is 1.15. The Morgan fingerprint density at radius 3 is 2.86 bits per heavy atom. The van der Waals surface area contributed by atoms with E-state index < -0.39 is 0 Å². The first-order chi connectivity index (χ1) is 6.70. The lowest BCUT2D eigenvalue weighted by Gasteiger charge is -2.12. The van der Waals surface area contributed by atoms with Crippen molar-refractivity contribution >= 4 is 17.5 Å². The van der Waals surface area contributed by atoms with Gasteiger partial charge in [0, 0.05) is 13.1 Å². The summed E-state index contributed by atoms with van der Waals surface area (Å²) >= 11 is 5.47. The van der Waals surface area contributed by atoms with Crippen LogP contribution in [0.25, 0.3) is 0 Å². The van der Waals surface area contributed by atoms with Gasteiger partial charge in [-0.05, 0) is 23.3 Å². The van der Waals surface area contributed by atoms with Crippen molar-refractivity contribution in [3.05, 3.63) is 29.3 Å². The molecule has 0 aliphatic carbocycles. The molecule has 0 unspecified atom stereocenters.